The Kier molecular flexibility index (Phi) is 7.92. The third-order valence-corrected chi connectivity index (χ3v) is 9.59. The molecule has 0 atom stereocenters. The van der Waals surface area contributed by atoms with Crippen LogP contribution in [0.1, 0.15) is 31.9 Å². The first kappa shape index (κ1) is 31.1. The van der Waals surface area contributed by atoms with Gasteiger partial charge in [-0.05, 0) is 76.9 Å². The van der Waals surface area contributed by atoms with Crippen molar-refractivity contribution in [2.24, 2.45) is 5.92 Å². The predicted octanol–water partition coefficient (Wildman–Crippen LogP) is 10.2. The minimum absolute atomic E-state index is 0.00788. The molecule has 50 heavy (non-hydrogen) atoms. The number of hydrogen-bond donors (Lipinski definition) is 2. The molecule has 6 aromatic carbocycles. The second kappa shape index (κ2) is 12.7. The van der Waals surface area contributed by atoms with Gasteiger partial charge in [-0.3, -0.25) is 9.59 Å². The van der Waals surface area contributed by atoms with Crippen LogP contribution in [0.15, 0.2) is 133 Å². The third-order valence-electron chi connectivity index (χ3n) is 9.59. The summed E-state index contributed by atoms with van der Waals surface area (Å²) in [7, 11) is 0. The fourth-order valence-electron chi connectivity index (χ4n) is 7.19. The topological polar surface area (TPSA) is 68.1 Å². The average molecular weight is 655 g/mol. The van der Waals surface area contributed by atoms with Gasteiger partial charge in [0.1, 0.15) is 0 Å². The Hall–Kier alpha value is -6.14. The van der Waals surface area contributed by atoms with Crippen LogP contribution in [-0.2, 0) is 22.7 Å². The Morgan fingerprint density at radius 1 is 0.560 bits per heavy atom. The first-order chi connectivity index (χ1) is 24.3. The minimum Gasteiger partial charge on any atom is -0.336 e. The van der Waals surface area contributed by atoms with Gasteiger partial charge < -0.3 is 19.8 Å². The summed E-state index contributed by atoms with van der Waals surface area (Å²) in [4.78, 5) is 24.5. The lowest BCUT2D eigenvalue weighted by Crippen LogP contribution is -2.17. The van der Waals surface area contributed by atoms with Gasteiger partial charge in [-0.1, -0.05) is 92.7 Å². The number of carbonyl (C=O) groups excluding carboxylic acids is 2. The van der Waals surface area contributed by atoms with Crippen molar-refractivity contribution in [1.29, 1.82) is 0 Å². The summed E-state index contributed by atoms with van der Waals surface area (Å²) in [6.07, 6.45) is 0. The Balaban J connectivity index is 1.24. The van der Waals surface area contributed by atoms with Gasteiger partial charge in [0.05, 0.1) is 0 Å². The molecule has 0 spiro atoms. The van der Waals surface area contributed by atoms with E-state index in [1.165, 1.54) is 16.7 Å². The predicted molar refractivity (Wildman–Crippen MR) is 207 cm³/mol. The van der Waals surface area contributed by atoms with Crippen LogP contribution in [0.5, 0.6) is 0 Å². The van der Waals surface area contributed by atoms with Crippen LogP contribution in [0.4, 0.5) is 11.4 Å². The van der Waals surface area contributed by atoms with E-state index >= 15 is 0 Å². The molecular weight excluding hydrogens is 617 g/mol. The maximum atomic E-state index is 12.5. The van der Waals surface area contributed by atoms with Crippen molar-refractivity contribution in [3.8, 4) is 11.1 Å². The Labute approximate surface area is 291 Å². The number of para-hydroxylation sites is 1. The molecule has 0 aliphatic heterocycles. The molecule has 0 aliphatic carbocycles. The first-order valence-electron chi connectivity index (χ1n) is 17.1. The van der Waals surface area contributed by atoms with E-state index in [0.29, 0.717) is 6.54 Å². The third kappa shape index (κ3) is 5.69. The SMILES string of the molecule is CC(=O)Nc1ccc2c(c1)c1cc(-c3ccccc3Cn3c4ccccc4c4cc(NC(=O)C(C)C)ccc43)ccc1n2Cc1ccccc1. The fraction of sp³-hybridized carbons (Fsp3) is 0.136. The van der Waals surface area contributed by atoms with Crippen LogP contribution < -0.4 is 10.6 Å². The largest absolute Gasteiger partial charge is 0.336 e. The highest BCUT2D eigenvalue weighted by molar-refractivity contribution is 6.12. The normalized spacial score (nSPS) is 11.6. The van der Waals surface area contributed by atoms with Crippen LogP contribution in [0.3, 0.4) is 0 Å². The zero-order chi connectivity index (χ0) is 34.4. The van der Waals surface area contributed by atoms with Gasteiger partial charge in [0.15, 0.2) is 0 Å². The van der Waals surface area contributed by atoms with E-state index in [4.69, 9.17) is 0 Å². The molecule has 2 N–H and O–H groups in total. The lowest BCUT2D eigenvalue weighted by molar-refractivity contribution is -0.119. The number of hydrogen-bond acceptors (Lipinski definition) is 2. The van der Waals surface area contributed by atoms with Crippen LogP contribution in [0, 0.1) is 5.92 Å². The Bertz CT molecular complexity index is 2580. The van der Waals surface area contributed by atoms with Crippen LogP contribution in [0.25, 0.3) is 54.7 Å². The van der Waals surface area contributed by atoms with Gasteiger partial charge in [0.25, 0.3) is 0 Å². The molecule has 0 saturated heterocycles. The van der Waals surface area contributed by atoms with Gasteiger partial charge in [-0.2, -0.15) is 0 Å². The van der Waals surface area contributed by atoms with Gasteiger partial charge in [-0.15, -0.1) is 0 Å². The fourth-order valence-corrected chi connectivity index (χ4v) is 7.19. The van der Waals surface area contributed by atoms with Crippen LogP contribution >= 0.6 is 0 Å². The molecule has 2 heterocycles. The number of fused-ring (bicyclic) bond motifs is 6. The van der Waals surface area contributed by atoms with Crippen molar-refractivity contribution in [3.63, 3.8) is 0 Å². The van der Waals surface area contributed by atoms with E-state index in [0.717, 1.165) is 67.1 Å². The zero-order valence-electron chi connectivity index (χ0n) is 28.4. The monoisotopic (exact) mass is 654 g/mol. The summed E-state index contributed by atoms with van der Waals surface area (Å²) in [5.41, 5.74) is 10.9. The molecule has 0 fully saturated rings. The number of aromatic nitrogens is 2. The summed E-state index contributed by atoms with van der Waals surface area (Å²) in [6, 6.07) is 46.8. The standard InChI is InChI=1S/C44H38N4O2/c1-28(2)44(50)46-34-19-22-42-38(25-34)36-15-9-10-16-40(36)48(42)27-32-13-7-8-14-35(32)31-17-20-41-37(23-31)39-24-33(45-29(3)49)18-21-43(39)47(41)26-30-11-5-4-6-12-30/h4-25,28H,26-27H2,1-3H3,(H,45,49)(H,46,50). The maximum absolute atomic E-state index is 12.5. The van der Waals surface area contributed by atoms with E-state index in [1.54, 1.807) is 6.92 Å². The summed E-state index contributed by atoms with van der Waals surface area (Å²) in [5.74, 6) is -0.176. The van der Waals surface area contributed by atoms with Crippen molar-refractivity contribution in [2.75, 3.05) is 10.6 Å². The Morgan fingerprint density at radius 3 is 1.84 bits per heavy atom. The highest BCUT2D eigenvalue weighted by atomic mass is 16.2. The van der Waals surface area contributed by atoms with E-state index in [2.05, 4.69) is 135 Å². The van der Waals surface area contributed by atoms with Gasteiger partial charge in [0, 0.05) is 80.9 Å². The van der Waals surface area contributed by atoms with Crippen molar-refractivity contribution in [3.05, 3.63) is 145 Å². The molecule has 6 nitrogen and oxygen atoms in total. The van der Waals surface area contributed by atoms with E-state index in [-0.39, 0.29) is 17.7 Å². The number of anilines is 2. The lowest BCUT2D eigenvalue weighted by atomic mass is 9.97. The number of benzene rings is 6. The molecule has 2 amide bonds. The summed E-state index contributed by atoms with van der Waals surface area (Å²) in [5, 5.41) is 10.6. The number of rotatable bonds is 8. The van der Waals surface area contributed by atoms with E-state index in [9.17, 15) is 9.59 Å². The number of nitrogens with one attached hydrogen (secondary N) is 2. The van der Waals surface area contributed by atoms with Crippen molar-refractivity contribution >= 4 is 66.8 Å². The quantitative estimate of drug-likeness (QED) is 0.171. The summed E-state index contributed by atoms with van der Waals surface area (Å²) < 4.78 is 4.74. The highest BCUT2D eigenvalue weighted by Gasteiger charge is 2.17. The molecule has 0 bridgehead atoms. The summed E-state index contributed by atoms with van der Waals surface area (Å²) in [6.45, 7) is 6.77. The molecule has 246 valence electrons. The molecule has 0 unspecified atom stereocenters. The number of carbonyl (C=O) groups is 2. The zero-order valence-corrected chi connectivity index (χ0v) is 28.4. The molecular formula is C44H38N4O2. The molecule has 8 rings (SSSR count). The average Bonchev–Trinajstić information content (AvgIpc) is 3.59. The molecule has 0 aliphatic rings. The van der Waals surface area contributed by atoms with Crippen molar-refractivity contribution < 1.29 is 9.59 Å². The van der Waals surface area contributed by atoms with E-state index < -0.39 is 0 Å². The summed E-state index contributed by atoms with van der Waals surface area (Å²) >= 11 is 0. The Morgan fingerprint density at radius 2 is 1.12 bits per heavy atom. The van der Waals surface area contributed by atoms with Gasteiger partial charge >= 0.3 is 0 Å². The van der Waals surface area contributed by atoms with Crippen LogP contribution in [0.2, 0.25) is 0 Å². The second-order valence-corrected chi connectivity index (χ2v) is 13.4. The van der Waals surface area contributed by atoms with Gasteiger partial charge in [-0.25, -0.2) is 0 Å². The van der Waals surface area contributed by atoms with E-state index in [1.807, 2.05) is 32.0 Å². The van der Waals surface area contributed by atoms with Crippen molar-refractivity contribution in [1.82, 2.24) is 9.13 Å². The molecule has 8 aromatic rings. The van der Waals surface area contributed by atoms with Crippen LogP contribution in [-0.4, -0.2) is 20.9 Å². The molecule has 0 radical (unpaired) electrons. The molecule has 0 saturated carbocycles. The van der Waals surface area contributed by atoms with Gasteiger partial charge in [0.2, 0.25) is 11.8 Å². The molecule has 2 aromatic heterocycles. The van der Waals surface area contributed by atoms with Crippen molar-refractivity contribution in [2.45, 2.75) is 33.9 Å². The minimum atomic E-state index is -0.0950. The lowest BCUT2D eigenvalue weighted by Gasteiger charge is -2.14. The molecule has 6 heteroatoms. The number of nitrogens with zero attached hydrogens (tertiary/aromatic N) is 2. The maximum Gasteiger partial charge on any atom is 0.226 e. The number of amides is 2. The highest BCUT2D eigenvalue weighted by Crippen LogP contribution is 2.37. The second-order valence-electron chi connectivity index (χ2n) is 13.4. The smallest absolute Gasteiger partial charge is 0.226 e. The first-order valence-corrected chi connectivity index (χ1v) is 17.1.